The highest BCUT2D eigenvalue weighted by molar-refractivity contribution is 7.52. The molecule has 0 radical (unpaired) electrons. The van der Waals surface area contributed by atoms with Crippen LogP contribution in [0.1, 0.15) is 11.3 Å². The van der Waals surface area contributed by atoms with Gasteiger partial charge < -0.3 is 15.0 Å². The molecule has 4 N–H and O–H groups in total. The predicted molar refractivity (Wildman–Crippen MR) is 51.2 cm³/mol. The summed E-state index contributed by atoms with van der Waals surface area (Å²) in [5.41, 5.74) is 1.84. The van der Waals surface area contributed by atoms with Crippen molar-refractivity contribution in [2.24, 2.45) is 0 Å². The van der Waals surface area contributed by atoms with Gasteiger partial charge in [-0.15, -0.1) is 0 Å². The molecule has 0 aliphatic rings. The van der Waals surface area contributed by atoms with Crippen molar-refractivity contribution < 1.29 is 19.6 Å². The largest absolute Gasteiger partial charge is 0.349 e. The Morgan fingerprint density at radius 2 is 1.79 bits per heavy atom. The number of hydrogen-bond acceptors (Lipinski definition) is 3. The molecule has 14 heavy (non-hydrogen) atoms. The predicted octanol–water partition coefficient (Wildman–Crippen LogP) is 1.50. The summed E-state index contributed by atoms with van der Waals surface area (Å²) in [7, 11) is -4.42. The van der Waals surface area contributed by atoms with Gasteiger partial charge in [0.2, 0.25) is 0 Å². The molecular formula is C7H9ClNO4P. The van der Waals surface area contributed by atoms with E-state index in [-0.39, 0.29) is 5.56 Å². The average molecular weight is 238 g/mol. The molecule has 1 unspecified atom stereocenters. The summed E-state index contributed by atoms with van der Waals surface area (Å²) in [5, 5.41) is 9.06. The molecule has 0 spiro atoms. The molecule has 0 fully saturated rings. The van der Waals surface area contributed by atoms with Gasteiger partial charge in [0.15, 0.2) is 5.78 Å². The normalized spacial score (nSPS) is 14.0. The van der Waals surface area contributed by atoms with Crippen LogP contribution in [0.15, 0.2) is 24.3 Å². The average Bonchev–Trinajstić information content (AvgIpc) is 2.07. The second kappa shape index (κ2) is 4.40. The molecule has 0 aliphatic heterocycles. The number of nitrogens with one attached hydrogen (secondary N) is 1. The molecule has 0 saturated carbocycles. The first-order chi connectivity index (χ1) is 6.45. The van der Waals surface area contributed by atoms with E-state index < -0.39 is 13.4 Å². The standard InChI is InChI=1S/C7H9ClNO4P/c8-6-3-1-5(2-4-6)7(9-10)14(11,12)13/h1-4,7,9-10H,(H2,11,12,13). The van der Waals surface area contributed by atoms with Gasteiger partial charge in [0, 0.05) is 5.02 Å². The van der Waals surface area contributed by atoms with Gasteiger partial charge in [-0.05, 0) is 17.7 Å². The summed E-state index contributed by atoms with van der Waals surface area (Å²) in [6, 6.07) is 5.82. The summed E-state index contributed by atoms with van der Waals surface area (Å²) in [5.74, 6) is -1.42. The van der Waals surface area contributed by atoms with E-state index in [2.05, 4.69) is 0 Å². The van der Waals surface area contributed by atoms with E-state index in [0.29, 0.717) is 5.02 Å². The third-order valence-electron chi connectivity index (χ3n) is 1.64. The summed E-state index contributed by atoms with van der Waals surface area (Å²) in [6.07, 6.45) is 0. The zero-order chi connectivity index (χ0) is 10.8. The van der Waals surface area contributed by atoms with Crippen molar-refractivity contribution in [3.63, 3.8) is 0 Å². The number of hydrogen-bond donors (Lipinski definition) is 4. The maximum Gasteiger partial charge on any atom is 0.349 e. The fraction of sp³-hybridized carbons (Fsp3) is 0.143. The van der Waals surface area contributed by atoms with Crippen LogP contribution in [-0.4, -0.2) is 15.0 Å². The lowest BCUT2D eigenvalue weighted by Crippen LogP contribution is -2.17. The third kappa shape index (κ3) is 2.78. The summed E-state index contributed by atoms with van der Waals surface area (Å²) in [6.45, 7) is 0. The van der Waals surface area contributed by atoms with Gasteiger partial charge in [-0.1, -0.05) is 23.7 Å². The molecule has 78 valence electrons. The molecule has 0 aromatic heterocycles. The van der Waals surface area contributed by atoms with Crippen LogP contribution >= 0.6 is 19.2 Å². The Kier molecular flexibility index (Phi) is 3.66. The molecule has 0 aliphatic carbocycles. The van der Waals surface area contributed by atoms with Gasteiger partial charge in [-0.3, -0.25) is 4.57 Å². The molecule has 1 aromatic rings. The summed E-state index contributed by atoms with van der Waals surface area (Å²) in [4.78, 5) is 17.7. The Morgan fingerprint density at radius 3 is 2.14 bits per heavy atom. The van der Waals surface area contributed by atoms with Crippen LogP contribution in [0.4, 0.5) is 0 Å². The van der Waals surface area contributed by atoms with E-state index in [1.54, 1.807) is 5.48 Å². The van der Waals surface area contributed by atoms with E-state index in [4.69, 9.17) is 26.6 Å². The summed E-state index contributed by atoms with van der Waals surface area (Å²) < 4.78 is 10.9. The number of benzene rings is 1. The van der Waals surface area contributed by atoms with Gasteiger partial charge >= 0.3 is 7.60 Å². The van der Waals surface area contributed by atoms with Crippen molar-refractivity contribution in [1.29, 1.82) is 0 Å². The van der Waals surface area contributed by atoms with Gasteiger partial charge in [-0.25, -0.2) is 0 Å². The highest BCUT2D eigenvalue weighted by atomic mass is 35.5. The summed E-state index contributed by atoms with van der Waals surface area (Å²) >= 11 is 5.60. The van der Waals surface area contributed by atoms with Crippen LogP contribution in [0.2, 0.25) is 5.02 Å². The molecule has 0 heterocycles. The van der Waals surface area contributed by atoms with E-state index in [1.807, 2.05) is 0 Å². The molecule has 1 atom stereocenters. The Morgan fingerprint density at radius 1 is 1.29 bits per heavy atom. The lowest BCUT2D eigenvalue weighted by atomic mass is 10.2. The highest BCUT2D eigenvalue weighted by Gasteiger charge is 2.29. The lowest BCUT2D eigenvalue weighted by molar-refractivity contribution is 0.142. The van der Waals surface area contributed by atoms with Crippen LogP contribution in [-0.2, 0) is 4.57 Å². The van der Waals surface area contributed by atoms with Crippen molar-refractivity contribution in [2.45, 2.75) is 5.78 Å². The van der Waals surface area contributed by atoms with Crippen LogP contribution in [0, 0.1) is 0 Å². The monoisotopic (exact) mass is 237 g/mol. The molecule has 0 bridgehead atoms. The molecule has 0 amide bonds. The van der Waals surface area contributed by atoms with Gasteiger partial charge in [0.05, 0.1) is 0 Å². The first-order valence-corrected chi connectivity index (χ1v) is 5.71. The van der Waals surface area contributed by atoms with Gasteiger partial charge in [0.25, 0.3) is 0 Å². The Labute approximate surface area is 85.4 Å². The van der Waals surface area contributed by atoms with Gasteiger partial charge in [-0.2, -0.15) is 5.48 Å². The van der Waals surface area contributed by atoms with Crippen molar-refractivity contribution in [1.82, 2.24) is 5.48 Å². The fourth-order valence-electron chi connectivity index (χ4n) is 0.989. The third-order valence-corrected chi connectivity index (χ3v) is 2.98. The van der Waals surface area contributed by atoms with Crippen LogP contribution in [0.5, 0.6) is 0 Å². The van der Waals surface area contributed by atoms with Crippen LogP contribution < -0.4 is 5.48 Å². The van der Waals surface area contributed by atoms with E-state index in [0.717, 1.165) is 0 Å². The molecule has 1 rings (SSSR count). The minimum atomic E-state index is -4.42. The topological polar surface area (TPSA) is 89.8 Å². The molecule has 0 saturated heterocycles. The Balaban J connectivity index is 3.02. The highest BCUT2D eigenvalue weighted by Crippen LogP contribution is 2.49. The minimum Gasteiger partial charge on any atom is -0.323 e. The molecule has 7 heteroatoms. The van der Waals surface area contributed by atoms with E-state index in [1.165, 1.54) is 24.3 Å². The second-order valence-electron chi connectivity index (χ2n) is 2.67. The van der Waals surface area contributed by atoms with Crippen molar-refractivity contribution in [3.8, 4) is 0 Å². The smallest absolute Gasteiger partial charge is 0.323 e. The van der Waals surface area contributed by atoms with E-state index in [9.17, 15) is 4.57 Å². The Bertz CT molecular complexity index is 349. The molecule has 1 aromatic carbocycles. The van der Waals surface area contributed by atoms with Crippen LogP contribution in [0.3, 0.4) is 0 Å². The van der Waals surface area contributed by atoms with Crippen LogP contribution in [0.25, 0.3) is 0 Å². The maximum absolute atomic E-state index is 10.9. The maximum atomic E-state index is 10.9. The lowest BCUT2D eigenvalue weighted by Gasteiger charge is -2.16. The Hall–Kier alpha value is -0.420. The van der Waals surface area contributed by atoms with Crippen molar-refractivity contribution in [2.75, 3.05) is 0 Å². The zero-order valence-corrected chi connectivity index (χ0v) is 8.61. The SMILES string of the molecule is O=P(O)(O)C(NO)c1ccc(Cl)cc1. The minimum absolute atomic E-state index is 0.269. The first kappa shape index (κ1) is 11.7. The van der Waals surface area contributed by atoms with Crippen molar-refractivity contribution >= 4 is 19.2 Å². The van der Waals surface area contributed by atoms with E-state index >= 15 is 0 Å². The molecule has 5 nitrogen and oxygen atoms in total. The van der Waals surface area contributed by atoms with Crippen molar-refractivity contribution in [3.05, 3.63) is 34.9 Å². The number of rotatable bonds is 3. The number of hydroxylamine groups is 1. The quantitative estimate of drug-likeness (QED) is 0.472. The number of halogens is 1. The van der Waals surface area contributed by atoms with Gasteiger partial charge in [0.1, 0.15) is 0 Å². The first-order valence-electron chi connectivity index (χ1n) is 3.65. The molecular weight excluding hydrogens is 229 g/mol. The second-order valence-corrected chi connectivity index (χ2v) is 4.80. The fourth-order valence-corrected chi connectivity index (χ4v) is 1.83. The zero-order valence-electron chi connectivity index (χ0n) is 6.96.